The van der Waals surface area contributed by atoms with Crippen LogP contribution in [0.4, 0.5) is 5.69 Å². The van der Waals surface area contributed by atoms with Crippen LogP contribution in [0.1, 0.15) is 66.3 Å². The van der Waals surface area contributed by atoms with E-state index in [0.29, 0.717) is 12.5 Å². The maximum atomic E-state index is 14.1. The van der Waals surface area contributed by atoms with Crippen LogP contribution in [0.5, 0.6) is 5.75 Å². The molecule has 1 atom stereocenters. The fourth-order valence-electron chi connectivity index (χ4n) is 4.88. The molecule has 0 N–H and O–H groups in total. The summed E-state index contributed by atoms with van der Waals surface area (Å²) in [6.45, 7) is 7.20. The number of amides is 1. The molecule has 1 amide bonds. The molecule has 0 bridgehead atoms. The van der Waals surface area contributed by atoms with E-state index in [1.165, 1.54) is 22.3 Å². The third kappa shape index (κ3) is 5.13. The molecular formula is C30H35NO2. The summed E-state index contributed by atoms with van der Waals surface area (Å²) in [5.41, 5.74) is 7.23. The van der Waals surface area contributed by atoms with Crippen molar-refractivity contribution in [3.63, 3.8) is 0 Å². The minimum Gasteiger partial charge on any atom is -0.497 e. The highest BCUT2D eigenvalue weighted by atomic mass is 16.5. The predicted octanol–water partition coefficient (Wildman–Crippen LogP) is 6.82. The Hall–Kier alpha value is -3.07. The third-order valence-corrected chi connectivity index (χ3v) is 6.97. The van der Waals surface area contributed by atoms with E-state index in [4.69, 9.17) is 4.74 Å². The molecule has 3 aromatic carbocycles. The number of nitrogens with zero attached hydrogens (tertiary/aromatic N) is 1. The first-order chi connectivity index (χ1) is 16.0. The Morgan fingerprint density at radius 3 is 2.52 bits per heavy atom. The van der Waals surface area contributed by atoms with E-state index in [-0.39, 0.29) is 11.8 Å². The van der Waals surface area contributed by atoms with Crippen LogP contribution in [0.25, 0.3) is 0 Å². The first-order valence-corrected chi connectivity index (χ1v) is 12.1. The minimum absolute atomic E-state index is 0.134. The van der Waals surface area contributed by atoms with Crippen molar-refractivity contribution < 1.29 is 9.53 Å². The summed E-state index contributed by atoms with van der Waals surface area (Å²) in [6, 6.07) is 23.2. The molecule has 0 spiro atoms. The molecule has 0 saturated heterocycles. The normalized spacial score (nSPS) is 15.2. The summed E-state index contributed by atoms with van der Waals surface area (Å²) in [4.78, 5) is 16.1. The Labute approximate surface area is 198 Å². The van der Waals surface area contributed by atoms with Gasteiger partial charge in [0.1, 0.15) is 5.75 Å². The van der Waals surface area contributed by atoms with Gasteiger partial charge < -0.3 is 9.64 Å². The van der Waals surface area contributed by atoms with Gasteiger partial charge in [-0.3, -0.25) is 4.79 Å². The van der Waals surface area contributed by atoms with Gasteiger partial charge >= 0.3 is 0 Å². The van der Waals surface area contributed by atoms with E-state index in [1.807, 2.05) is 11.0 Å². The van der Waals surface area contributed by atoms with Gasteiger partial charge in [0.15, 0.2) is 0 Å². The van der Waals surface area contributed by atoms with Crippen molar-refractivity contribution in [2.45, 2.75) is 58.3 Å². The van der Waals surface area contributed by atoms with Gasteiger partial charge in [-0.25, -0.2) is 0 Å². The van der Waals surface area contributed by atoms with Gasteiger partial charge in [0.2, 0.25) is 5.91 Å². The number of benzene rings is 3. The van der Waals surface area contributed by atoms with Crippen molar-refractivity contribution in [3.05, 3.63) is 94.5 Å². The second kappa shape index (κ2) is 10.2. The third-order valence-electron chi connectivity index (χ3n) is 6.97. The first kappa shape index (κ1) is 23.1. The fraction of sp³-hybridized carbons (Fsp3) is 0.367. The van der Waals surface area contributed by atoms with Crippen LogP contribution in [0.3, 0.4) is 0 Å². The molecule has 0 saturated carbocycles. The maximum absolute atomic E-state index is 14.1. The summed E-state index contributed by atoms with van der Waals surface area (Å²) in [5, 5.41) is 0. The van der Waals surface area contributed by atoms with E-state index in [1.54, 1.807) is 7.11 Å². The SMILES string of the molecule is COc1ccc2c(c1)C(C(=O)N(CCc1ccccc1C)c1ccc(C(C)C)cc1)CCC2. The Morgan fingerprint density at radius 2 is 1.82 bits per heavy atom. The zero-order valence-corrected chi connectivity index (χ0v) is 20.3. The summed E-state index contributed by atoms with van der Waals surface area (Å²) in [7, 11) is 1.69. The summed E-state index contributed by atoms with van der Waals surface area (Å²) in [5.74, 6) is 1.34. The molecule has 1 aliphatic rings. The van der Waals surface area contributed by atoms with Crippen molar-refractivity contribution in [1.82, 2.24) is 0 Å². The molecule has 172 valence electrons. The summed E-state index contributed by atoms with van der Waals surface area (Å²) >= 11 is 0. The number of rotatable bonds is 7. The van der Waals surface area contributed by atoms with Gasteiger partial charge in [-0.2, -0.15) is 0 Å². The van der Waals surface area contributed by atoms with Gasteiger partial charge in [-0.1, -0.05) is 56.3 Å². The molecule has 3 heteroatoms. The zero-order valence-electron chi connectivity index (χ0n) is 20.3. The number of carbonyl (C=O) groups excluding carboxylic acids is 1. The van der Waals surface area contributed by atoms with Crippen molar-refractivity contribution in [2.24, 2.45) is 0 Å². The zero-order chi connectivity index (χ0) is 23.4. The molecule has 33 heavy (non-hydrogen) atoms. The minimum atomic E-state index is -0.134. The topological polar surface area (TPSA) is 29.5 Å². The Morgan fingerprint density at radius 1 is 1.06 bits per heavy atom. The number of aryl methyl sites for hydroxylation is 2. The van der Waals surface area contributed by atoms with Crippen molar-refractivity contribution in [3.8, 4) is 5.75 Å². The van der Waals surface area contributed by atoms with Crippen LogP contribution in [-0.4, -0.2) is 19.6 Å². The number of fused-ring (bicyclic) bond motifs is 1. The quantitative estimate of drug-likeness (QED) is 0.402. The molecule has 1 aliphatic carbocycles. The lowest BCUT2D eigenvalue weighted by atomic mass is 9.81. The fourth-order valence-corrected chi connectivity index (χ4v) is 4.88. The number of hydrogen-bond acceptors (Lipinski definition) is 2. The van der Waals surface area contributed by atoms with Crippen LogP contribution < -0.4 is 9.64 Å². The lowest BCUT2D eigenvalue weighted by molar-refractivity contribution is -0.120. The summed E-state index contributed by atoms with van der Waals surface area (Å²) < 4.78 is 5.48. The maximum Gasteiger partial charge on any atom is 0.234 e. The van der Waals surface area contributed by atoms with Crippen LogP contribution in [0.15, 0.2) is 66.7 Å². The van der Waals surface area contributed by atoms with Crippen molar-refractivity contribution >= 4 is 11.6 Å². The van der Waals surface area contributed by atoms with Gasteiger partial charge in [0.05, 0.1) is 13.0 Å². The number of ether oxygens (including phenoxy) is 1. The molecule has 0 aromatic heterocycles. The number of anilines is 1. The Balaban J connectivity index is 1.67. The second-order valence-electron chi connectivity index (χ2n) is 9.42. The molecule has 0 radical (unpaired) electrons. The predicted molar refractivity (Wildman–Crippen MR) is 136 cm³/mol. The highest BCUT2D eigenvalue weighted by molar-refractivity contribution is 5.98. The van der Waals surface area contributed by atoms with Gasteiger partial charge in [-0.15, -0.1) is 0 Å². The van der Waals surface area contributed by atoms with Crippen molar-refractivity contribution in [1.29, 1.82) is 0 Å². The Bertz CT molecular complexity index is 1100. The summed E-state index contributed by atoms with van der Waals surface area (Å²) in [6.07, 6.45) is 3.77. The van der Waals surface area contributed by atoms with Crippen LogP contribution in [0, 0.1) is 6.92 Å². The van der Waals surface area contributed by atoms with Gasteiger partial charge in [-0.05, 0) is 90.6 Å². The molecule has 4 rings (SSSR count). The van der Waals surface area contributed by atoms with E-state index >= 15 is 0 Å². The largest absolute Gasteiger partial charge is 0.497 e. The number of carbonyl (C=O) groups is 1. The molecule has 3 nitrogen and oxygen atoms in total. The molecule has 1 unspecified atom stereocenters. The van der Waals surface area contributed by atoms with Crippen LogP contribution in [-0.2, 0) is 17.6 Å². The van der Waals surface area contributed by atoms with Crippen LogP contribution in [0.2, 0.25) is 0 Å². The van der Waals surface area contributed by atoms with E-state index < -0.39 is 0 Å². The number of methoxy groups -OCH3 is 1. The number of hydrogen-bond donors (Lipinski definition) is 0. The van der Waals surface area contributed by atoms with Crippen LogP contribution >= 0.6 is 0 Å². The molecule has 0 fully saturated rings. The Kier molecular flexibility index (Phi) is 7.17. The van der Waals surface area contributed by atoms with E-state index in [2.05, 4.69) is 81.4 Å². The van der Waals surface area contributed by atoms with Crippen molar-refractivity contribution in [2.75, 3.05) is 18.6 Å². The second-order valence-corrected chi connectivity index (χ2v) is 9.42. The smallest absolute Gasteiger partial charge is 0.234 e. The highest BCUT2D eigenvalue weighted by Gasteiger charge is 2.31. The highest BCUT2D eigenvalue weighted by Crippen LogP contribution is 2.36. The van der Waals surface area contributed by atoms with Gasteiger partial charge in [0.25, 0.3) is 0 Å². The standard InChI is InChI=1S/C30H35NO2/c1-21(2)23-12-15-26(16-13-23)31(19-18-24-9-6-5-8-22(24)3)30(32)28-11-7-10-25-14-17-27(33-4)20-29(25)28/h5-6,8-9,12-17,20-21,28H,7,10-11,18-19H2,1-4H3. The molecule has 0 aliphatic heterocycles. The van der Waals surface area contributed by atoms with E-state index in [9.17, 15) is 4.79 Å². The lowest BCUT2D eigenvalue weighted by Gasteiger charge is -2.31. The van der Waals surface area contributed by atoms with E-state index in [0.717, 1.165) is 42.7 Å². The lowest BCUT2D eigenvalue weighted by Crippen LogP contribution is -2.38. The van der Waals surface area contributed by atoms with Gasteiger partial charge in [0, 0.05) is 12.2 Å². The molecule has 3 aromatic rings. The molecule has 0 heterocycles. The first-order valence-electron chi connectivity index (χ1n) is 12.1. The average molecular weight is 442 g/mol. The molecular weight excluding hydrogens is 406 g/mol. The average Bonchev–Trinajstić information content (AvgIpc) is 2.84. The monoisotopic (exact) mass is 441 g/mol.